The summed E-state index contributed by atoms with van der Waals surface area (Å²) in [4.78, 5) is 17.5. The standard InChI is InChI=1S/C20H19FN2O4/c1-12-9-23(20(25)27-12)16-6-7-17(18(21)8-16)13-2-4-14(5-3-13)19-22-15(10-24)11-26-19/h2-8,12,15,24H,9-11H2,1H3/t12-,15-/m0/s1. The van der Waals surface area contributed by atoms with Crippen molar-refractivity contribution in [1.82, 2.24) is 0 Å². The molecule has 6 nitrogen and oxygen atoms in total. The Kier molecular flexibility index (Phi) is 4.53. The second-order valence-corrected chi connectivity index (χ2v) is 6.63. The fourth-order valence-corrected chi connectivity index (χ4v) is 3.18. The number of benzene rings is 2. The van der Waals surface area contributed by atoms with E-state index in [9.17, 15) is 9.18 Å². The Labute approximate surface area is 155 Å². The number of hydrogen-bond acceptors (Lipinski definition) is 5. The molecular weight excluding hydrogens is 351 g/mol. The lowest BCUT2D eigenvalue weighted by Gasteiger charge is -2.14. The van der Waals surface area contributed by atoms with Gasteiger partial charge in [0.25, 0.3) is 0 Å². The second-order valence-electron chi connectivity index (χ2n) is 6.63. The van der Waals surface area contributed by atoms with Crippen molar-refractivity contribution < 1.29 is 23.8 Å². The van der Waals surface area contributed by atoms with Gasteiger partial charge in [-0.05, 0) is 42.8 Å². The molecule has 1 amide bonds. The monoisotopic (exact) mass is 370 g/mol. The van der Waals surface area contributed by atoms with Crippen LogP contribution in [0.2, 0.25) is 0 Å². The highest BCUT2D eigenvalue weighted by Gasteiger charge is 2.29. The third-order valence-electron chi connectivity index (χ3n) is 4.59. The van der Waals surface area contributed by atoms with Crippen molar-refractivity contribution in [2.45, 2.75) is 19.1 Å². The molecule has 2 aliphatic heterocycles. The van der Waals surface area contributed by atoms with Crippen molar-refractivity contribution in [1.29, 1.82) is 0 Å². The Hall–Kier alpha value is -2.93. The van der Waals surface area contributed by atoms with Gasteiger partial charge in [0.15, 0.2) is 0 Å². The van der Waals surface area contributed by atoms with Crippen LogP contribution in [0, 0.1) is 5.82 Å². The van der Waals surface area contributed by atoms with Crippen LogP contribution in [0.5, 0.6) is 0 Å². The van der Waals surface area contributed by atoms with E-state index in [-0.39, 0.29) is 18.8 Å². The molecule has 2 aromatic rings. The molecule has 2 aromatic carbocycles. The summed E-state index contributed by atoms with van der Waals surface area (Å²) in [6, 6.07) is 11.7. The van der Waals surface area contributed by atoms with Gasteiger partial charge in [0.1, 0.15) is 24.6 Å². The van der Waals surface area contributed by atoms with Gasteiger partial charge in [0, 0.05) is 11.1 Å². The van der Waals surface area contributed by atoms with E-state index in [1.54, 1.807) is 43.3 Å². The zero-order valence-corrected chi connectivity index (χ0v) is 14.8. The topological polar surface area (TPSA) is 71.4 Å². The first-order valence-electron chi connectivity index (χ1n) is 8.75. The Balaban J connectivity index is 1.56. The molecule has 0 aliphatic carbocycles. The number of amides is 1. The third kappa shape index (κ3) is 3.38. The number of carbonyl (C=O) groups excluding carboxylic acids is 1. The molecule has 2 atom stereocenters. The summed E-state index contributed by atoms with van der Waals surface area (Å²) in [6.45, 7) is 2.51. The van der Waals surface area contributed by atoms with Gasteiger partial charge in [-0.1, -0.05) is 12.1 Å². The number of carbonyl (C=O) groups is 1. The largest absolute Gasteiger partial charge is 0.475 e. The van der Waals surface area contributed by atoms with E-state index in [1.165, 1.54) is 11.0 Å². The predicted octanol–water partition coefficient (Wildman–Crippen LogP) is 2.98. The van der Waals surface area contributed by atoms with E-state index < -0.39 is 11.9 Å². The fraction of sp³-hybridized carbons (Fsp3) is 0.300. The van der Waals surface area contributed by atoms with Gasteiger partial charge in [0.2, 0.25) is 5.90 Å². The van der Waals surface area contributed by atoms with E-state index in [1.807, 2.05) is 0 Å². The molecule has 7 heteroatoms. The Morgan fingerprint density at radius 2 is 1.96 bits per heavy atom. The van der Waals surface area contributed by atoms with Crippen LogP contribution in [0.1, 0.15) is 12.5 Å². The molecule has 0 unspecified atom stereocenters. The van der Waals surface area contributed by atoms with Gasteiger partial charge < -0.3 is 14.6 Å². The zero-order valence-electron chi connectivity index (χ0n) is 14.8. The van der Waals surface area contributed by atoms with Gasteiger partial charge in [-0.25, -0.2) is 14.2 Å². The van der Waals surface area contributed by atoms with Crippen molar-refractivity contribution in [3.63, 3.8) is 0 Å². The van der Waals surface area contributed by atoms with Crippen molar-refractivity contribution >= 4 is 17.7 Å². The Morgan fingerprint density at radius 1 is 1.22 bits per heavy atom. The quantitative estimate of drug-likeness (QED) is 0.898. The molecule has 0 bridgehead atoms. The molecular formula is C20H19FN2O4. The summed E-state index contributed by atoms with van der Waals surface area (Å²) in [7, 11) is 0. The number of cyclic esters (lactones) is 1. The maximum atomic E-state index is 14.7. The molecule has 4 rings (SSSR count). The van der Waals surface area contributed by atoms with Gasteiger partial charge in [-0.3, -0.25) is 4.90 Å². The maximum Gasteiger partial charge on any atom is 0.414 e. The van der Waals surface area contributed by atoms with Gasteiger partial charge in [-0.2, -0.15) is 0 Å². The molecule has 27 heavy (non-hydrogen) atoms. The van der Waals surface area contributed by atoms with Crippen LogP contribution in [-0.2, 0) is 9.47 Å². The van der Waals surface area contributed by atoms with Crippen LogP contribution < -0.4 is 4.90 Å². The van der Waals surface area contributed by atoms with Crippen LogP contribution in [-0.4, -0.2) is 49.0 Å². The molecule has 0 aromatic heterocycles. The average molecular weight is 370 g/mol. The predicted molar refractivity (Wildman–Crippen MR) is 98.5 cm³/mol. The molecule has 140 valence electrons. The first-order chi connectivity index (χ1) is 13.0. The fourth-order valence-electron chi connectivity index (χ4n) is 3.18. The summed E-state index contributed by atoms with van der Waals surface area (Å²) >= 11 is 0. The summed E-state index contributed by atoms with van der Waals surface area (Å²) < 4.78 is 25.2. The number of anilines is 1. The minimum Gasteiger partial charge on any atom is -0.475 e. The van der Waals surface area contributed by atoms with Gasteiger partial charge in [0.05, 0.1) is 18.8 Å². The van der Waals surface area contributed by atoms with Gasteiger partial charge >= 0.3 is 6.09 Å². The normalized spacial score (nSPS) is 21.8. The van der Waals surface area contributed by atoms with Crippen LogP contribution in [0.4, 0.5) is 14.9 Å². The molecule has 0 spiro atoms. The SMILES string of the molecule is C[C@H]1CN(c2ccc(-c3ccc(C4=N[C@@H](CO)CO4)cc3)c(F)c2)C(=O)O1. The molecule has 2 aliphatic rings. The lowest BCUT2D eigenvalue weighted by Crippen LogP contribution is -2.24. The summed E-state index contributed by atoms with van der Waals surface area (Å²) in [6.07, 6.45) is -0.670. The Morgan fingerprint density at radius 3 is 2.56 bits per heavy atom. The number of aliphatic imine (C=N–C) groups is 1. The summed E-state index contributed by atoms with van der Waals surface area (Å²) in [5.41, 5.74) is 2.40. The second kappa shape index (κ2) is 7.00. The molecule has 2 heterocycles. The zero-order chi connectivity index (χ0) is 19.0. The van der Waals surface area contributed by atoms with E-state index in [2.05, 4.69) is 4.99 Å². The first-order valence-corrected chi connectivity index (χ1v) is 8.75. The smallest absolute Gasteiger partial charge is 0.414 e. The highest BCUT2D eigenvalue weighted by atomic mass is 19.1. The lowest BCUT2D eigenvalue weighted by molar-refractivity contribution is 0.150. The van der Waals surface area contributed by atoms with Crippen LogP contribution in [0.15, 0.2) is 47.5 Å². The number of rotatable bonds is 4. The van der Waals surface area contributed by atoms with Crippen LogP contribution in [0.3, 0.4) is 0 Å². The maximum absolute atomic E-state index is 14.7. The van der Waals surface area contributed by atoms with E-state index >= 15 is 0 Å². The number of nitrogens with zero attached hydrogens (tertiary/aromatic N) is 2. The van der Waals surface area contributed by atoms with Crippen molar-refractivity contribution in [2.75, 3.05) is 24.7 Å². The lowest BCUT2D eigenvalue weighted by atomic mass is 10.0. The van der Waals surface area contributed by atoms with E-state index in [0.717, 1.165) is 5.56 Å². The molecule has 1 saturated heterocycles. The summed E-state index contributed by atoms with van der Waals surface area (Å²) in [5, 5.41) is 9.12. The Bertz CT molecular complexity index is 897. The number of ether oxygens (including phenoxy) is 2. The highest BCUT2D eigenvalue weighted by Crippen LogP contribution is 2.29. The average Bonchev–Trinajstić information content (AvgIpc) is 3.28. The number of aliphatic hydroxyl groups excluding tert-OH is 1. The van der Waals surface area contributed by atoms with Crippen LogP contribution in [0.25, 0.3) is 11.1 Å². The molecule has 0 saturated carbocycles. The number of halogens is 1. The molecule has 1 fully saturated rings. The van der Waals surface area contributed by atoms with Crippen LogP contribution >= 0.6 is 0 Å². The highest BCUT2D eigenvalue weighted by molar-refractivity contribution is 5.95. The summed E-state index contributed by atoms with van der Waals surface area (Å²) in [5.74, 6) is 0.0699. The molecule has 0 radical (unpaired) electrons. The minimum atomic E-state index is -0.461. The number of hydrogen-bond donors (Lipinski definition) is 1. The van der Waals surface area contributed by atoms with E-state index in [0.29, 0.717) is 35.9 Å². The van der Waals surface area contributed by atoms with E-state index in [4.69, 9.17) is 14.6 Å². The van der Waals surface area contributed by atoms with Crippen molar-refractivity contribution in [2.24, 2.45) is 4.99 Å². The first kappa shape index (κ1) is 17.5. The molecule has 1 N–H and O–H groups in total. The minimum absolute atomic E-state index is 0.0531. The van der Waals surface area contributed by atoms with Crippen molar-refractivity contribution in [3.05, 3.63) is 53.8 Å². The number of aliphatic hydroxyl groups is 1. The third-order valence-corrected chi connectivity index (χ3v) is 4.59. The van der Waals surface area contributed by atoms with Gasteiger partial charge in [-0.15, -0.1) is 0 Å². The van der Waals surface area contributed by atoms with Crippen molar-refractivity contribution in [3.8, 4) is 11.1 Å².